The van der Waals surface area contributed by atoms with E-state index in [2.05, 4.69) is 0 Å². The second kappa shape index (κ2) is 6.81. The molecule has 1 saturated heterocycles. The maximum Gasteiger partial charge on any atom is 0.411 e. The molecule has 1 amide bonds. The summed E-state index contributed by atoms with van der Waals surface area (Å²) in [5, 5.41) is 0. The van der Waals surface area contributed by atoms with Crippen LogP contribution in [0.5, 0.6) is 5.75 Å². The predicted octanol–water partition coefficient (Wildman–Crippen LogP) is 4.18. The van der Waals surface area contributed by atoms with Gasteiger partial charge in [0.2, 0.25) is 0 Å². The van der Waals surface area contributed by atoms with Crippen molar-refractivity contribution in [3.63, 3.8) is 0 Å². The van der Waals surface area contributed by atoms with E-state index in [4.69, 9.17) is 4.74 Å². The first-order chi connectivity index (χ1) is 10.8. The van der Waals surface area contributed by atoms with Gasteiger partial charge in [-0.1, -0.05) is 31.5 Å². The molecule has 0 aliphatic carbocycles. The first-order valence-corrected chi connectivity index (χ1v) is 7.92. The van der Waals surface area contributed by atoms with Crippen LogP contribution in [0.4, 0.5) is 13.2 Å². The highest BCUT2D eigenvalue weighted by Crippen LogP contribution is 2.46. The summed E-state index contributed by atoms with van der Waals surface area (Å²) in [4.78, 5) is 13.6. The smallest absolute Gasteiger partial charge is 0.411 e. The highest BCUT2D eigenvalue weighted by molar-refractivity contribution is 5.82. The fourth-order valence-electron chi connectivity index (χ4n) is 3.28. The number of likely N-dealkylation sites (tertiary alicyclic amines) is 1. The largest absolute Gasteiger partial charge is 0.481 e. The molecule has 1 fully saturated rings. The second-order valence-corrected chi connectivity index (χ2v) is 5.95. The summed E-state index contributed by atoms with van der Waals surface area (Å²) in [6.07, 6.45) is -4.74. The summed E-state index contributed by atoms with van der Waals surface area (Å²) >= 11 is 0. The van der Waals surface area contributed by atoms with Gasteiger partial charge in [0.25, 0.3) is 5.91 Å². The Morgan fingerprint density at radius 2 is 2.00 bits per heavy atom. The zero-order valence-corrected chi connectivity index (χ0v) is 13.4. The quantitative estimate of drug-likeness (QED) is 0.811. The van der Waals surface area contributed by atoms with Crippen LogP contribution in [0.1, 0.15) is 39.5 Å². The monoisotopic (exact) mass is 329 g/mol. The van der Waals surface area contributed by atoms with Crippen LogP contribution in [0.2, 0.25) is 0 Å². The van der Waals surface area contributed by atoms with E-state index < -0.39 is 23.7 Å². The number of amides is 1. The molecular weight excluding hydrogens is 307 g/mol. The van der Waals surface area contributed by atoms with Crippen LogP contribution < -0.4 is 4.74 Å². The molecule has 23 heavy (non-hydrogen) atoms. The van der Waals surface area contributed by atoms with E-state index in [1.54, 1.807) is 37.3 Å². The molecular formula is C17H22F3NO2. The van der Waals surface area contributed by atoms with Gasteiger partial charge in [-0.25, -0.2) is 0 Å². The Morgan fingerprint density at radius 1 is 1.35 bits per heavy atom. The van der Waals surface area contributed by atoms with Crippen molar-refractivity contribution in [3.05, 3.63) is 30.3 Å². The summed E-state index contributed by atoms with van der Waals surface area (Å²) in [5.74, 6) is -0.127. The maximum absolute atomic E-state index is 13.7. The van der Waals surface area contributed by atoms with Gasteiger partial charge in [-0.2, -0.15) is 13.2 Å². The second-order valence-electron chi connectivity index (χ2n) is 5.95. The molecule has 128 valence electrons. The van der Waals surface area contributed by atoms with Crippen LogP contribution in [0.15, 0.2) is 30.3 Å². The summed E-state index contributed by atoms with van der Waals surface area (Å²) in [6.45, 7) is 3.33. The number of alkyl halides is 3. The molecule has 1 aromatic rings. The van der Waals surface area contributed by atoms with Crippen molar-refractivity contribution < 1.29 is 22.7 Å². The third-order valence-corrected chi connectivity index (χ3v) is 4.35. The Bertz CT molecular complexity index is 532. The average molecular weight is 329 g/mol. The van der Waals surface area contributed by atoms with Gasteiger partial charge >= 0.3 is 6.18 Å². The number of hydrogen-bond donors (Lipinski definition) is 0. The predicted molar refractivity (Wildman–Crippen MR) is 81.2 cm³/mol. The van der Waals surface area contributed by atoms with E-state index >= 15 is 0 Å². The van der Waals surface area contributed by atoms with Crippen molar-refractivity contribution in [1.82, 2.24) is 4.90 Å². The van der Waals surface area contributed by atoms with Crippen molar-refractivity contribution >= 4 is 5.91 Å². The number of ether oxygens (including phenoxy) is 1. The number of para-hydroxylation sites is 1. The average Bonchev–Trinajstić information content (AvgIpc) is 2.92. The Hall–Kier alpha value is -1.72. The summed E-state index contributed by atoms with van der Waals surface area (Å²) in [6, 6.07) is 8.66. The normalized spacial score (nSPS) is 22.9. The zero-order chi connectivity index (χ0) is 17.1. The molecule has 0 aromatic heterocycles. The molecule has 0 saturated carbocycles. The van der Waals surface area contributed by atoms with E-state index in [1.165, 1.54) is 6.92 Å². The molecule has 0 N–H and O–H groups in total. The lowest BCUT2D eigenvalue weighted by atomic mass is 9.89. The number of halogens is 3. The minimum atomic E-state index is -4.43. The highest BCUT2D eigenvalue weighted by atomic mass is 19.4. The Balaban J connectivity index is 2.19. The SMILES string of the molecule is CCC[C@@]1(C(F)(F)F)CCCN1C(=O)[C@@H](C)Oc1ccccc1. The molecule has 0 radical (unpaired) electrons. The minimum absolute atomic E-state index is 0.0336. The molecule has 1 aromatic carbocycles. The lowest BCUT2D eigenvalue weighted by molar-refractivity contribution is -0.227. The van der Waals surface area contributed by atoms with Crippen molar-refractivity contribution in [1.29, 1.82) is 0 Å². The van der Waals surface area contributed by atoms with E-state index in [0.29, 0.717) is 18.6 Å². The van der Waals surface area contributed by atoms with Crippen LogP contribution in [0, 0.1) is 0 Å². The van der Waals surface area contributed by atoms with Gasteiger partial charge in [0.1, 0.15) is 11.3 Å². The molecule has 3 nitrogen and oxygen atoms in total. The fourth-order valence-corrected chi connectivity index (χ4v) is 3.28. The lowest BCUT2D eigenvalue weighted by Gasteiger charge is -2.41. The minimum Gasteiger partial charge on any atom is -0.481 e. The molecule has 1 aliphatic heterocycles. The number of nitrogens with zero attached hydrogens (tertiary/aromatic N) is 1. The molecule has 0 unspecified atom stereocenters. The van der Waals surface area contributed by atoms with Crippen LogP contribution in [-0.2, 0) is 4.79 Å². The highest BCUT2D eigenvalue weighted by Gasteiger charge is 2.61. The molecule has 2 atom stereocenters. The molecule has 6 heteroatoms. The molecule has 1 aliphatic rings. The van der Waals surface area contributed by atoms with Crippen molar-refractivity contribution in [2.24, 2.45) is 0 Å². The standard InChI is InChI=1S/C17H22F3NO2/c1-3-10-16(17(18,19)20)11-7-12-21(16)15(22)13(2)23-14-8-5-4-6-9-14/h4-6,8-9,13H,3,7,10-12H2,1-2H3/t13-,16+/m1/s1. The van der Waals surface area contributed by atoms with E-state index in [1.807, 2.05) is 0 Å². The Kier molecular flexibility index (Phi) is 5.22. The number of hydrogen-bond acceptors (Lipinski definition) is 2. The third kappa shape index (κ3) is 3.46. The topological polar surface area (TPSA) is 29.5 Å². The van der Waals surface area contributed by atoms with Gasteiger partial charge in [-0.3, -0.25) is 4.79 Å². The Morgan fingerprint density at radius 3 is 2.57 bits per heavy atom. The molecule has 0 spiro atoms. The molecule has 1 heterocycles. The van der Waals surface area contributed by atoms with Crippen LogP contribution >= 0.6 is 0 Å². The number of carbonyl (C=O) groups excluding carboxylic acids is 1. The van der Waals surface area contributed by atoms with E-state index in [9.17, 15) is 18.0 Å². The first kappa shape index (κ1) is 17.6. The van der Waals surface area contributed by atoms with Gasteiger partial charge in [-0.05, 0) is 38.3 Å². The molecule has 2 rings (SSSR count). The fraction of sp³-hybridized carbons (Fsp3) is 0.588. The number of benzene rings is 1. The van der Waals surface area contributed by atoms with Gasteiger partial charge in [-0.15, -0.1) is 0 Å². The van der Waals surface area contributed by atoms with Crippen molar-refractivity contribution in [3.8, 4) is 5.75 Å². The third-order valence-electron chi connectivity index (χ3n) is 4.35. The van der Waals surface area contributed by atoms with Crippen LogP contribution in [0.3, 0.4) is 0 Å². The Labute approximate surface area is 134 Å². The summed E-state index contributed by atoms with van der Waals surface area (Å²) < 4.78 is 46.5. The van der Waals surface area contributed by atoms with Gasteiger partial charge in [0.05, 0.1) is 0 Å². The molecule has 0 bridgehead atoms. The van der Waals surface area contributed by atoms with E-state index in [0.717, 1.165) is 4.90 Å². The van der Waals surface area contributed by atoms with Gasteiger partial charge in [0.15, 0.2) is 6.10 Å². The zero-order valence-electron chi connectivity index (χ0n) is 13.4. The first-order valence-electron chi connectivity index (χ1n) is 7.92. The van der Waals surface area contributed by atoms with Crippen LogP contribution in [-0.4, -0.2) is 35.2 Å². The van der Waals surface area contributed by atoms with Crippen LogP contribution in [0.25, 0.3) is 0 Å². The number of rotatable bonds is 5. The van der Waals surface area contributed by atoms with E-state index in [-0.39, 0.29) is 19.4 Å². The van der Waals surface area contributed by atoms with Crippen molar-refractivity contribution in [2.45, 2.75) is 57.3 Å². The van der Waals surface area contributed by atoms with Gasteiger partial charge in [0, 0.05) is 6.54 Å². The summed E-state index contributed by atoms with van der Waals surface area (Å²) in [5.41, 5.74) is -2.05. The van der Waals surface area contributed by atoms with Crippen molar-refractivity contribution in [2.75, 3.05) is 6.54 Å². The number of carbonyl (C=O) groups is 1. The lowest BCUT2D eigenvalue weighted by Crippen LogP contribution is -2.59. The summed E-state index contributed by atoms with van der Waals surface area (Å²) in [7, 11) is 0. The maximum atomic E-state index is 13.7. The van der Waals surface area contributed by atoms with Gasteiger partial charge < -0.3 is 9.64 Å².